The van der Waals surface area contributed by atoms with Gasteiger partial charge in [0.15, 0.2) is 5.82 Å². The average Bonchev–Trinajstić information content (AvgIpc) is 3.44. The number of benzene rings is 3. The van der Waals surface area contributed by atoms with Crippen molar-refractivity contribution < 1.29 is 13.7 Å². The van der Waals surface area contributed by atoms with Crippen molar-refractivity contribution in [3.63, 3.8) is 0 Å². The second-order valence-electron chi connectivity index (χ2n) is 9.00. The molecule has 5 aromatic rings. The fraction of sp³-hybridized carbons (Fsp3) is 0.179. The Morgan fingerprint density at radius 3 is 2.74 bits per heavy atom. The minimum atomic E-state index is -0.639. The first-order valence-electron chi connectivity index (χ1n) is 11.9. The van der Waals surface area contributed by atoms with Gasteiger partial charge in [-0.15, -0.1) is 12.4 Å². The molecule has 0 atom stereocenters. The van der Waals surface area contributed by atoms with E-state index in [1.165, 1.54) is 12.1 Å². The summed E-state index contributed by atoms with van der Waals surface area (Å²) in [4.78, 5) is 19.1. The third-order valence-electron chi connectivity index (χ3n) is 6.61. The van der Waals surface area contributed by atoms with Crippen LogP contribution in [0.5, 0.6) is 5.75 Å². The van der Waals surface area contributed by atoms with Crippen LogP contribution in [0.25, 0.3) is 22.2 Å². The highest BCUT2D eigenvalue weighted by Gasteiger charge is 2.24. The molecule has 2 aromatic heterocycles. The standard InChI is InChI=1S/C28H24FN5O3.ClH/c1-16(27-32-28(35)37-33-27)26-20-9-7-17(11-18(20)15-36-24-12-19(29)8-10-21(24)26)14-34-23-6-4-3-5-22(23)31-25(34)13-30-2;/h3-12,30H,13-15H2,1-2H3,(H,32,33,35);1H. The molecule has 0 spiro atoms. The summed E-state index contributed by atoms with van der Waals surface area (Å²) in [7, 11) is 1.90. The highest BCUT2D eigenvalue weighted by molar-refractivity contribution is 5.99. The number of para-hydroxylation sites is 2. The van der Waals surface area contributed by atoms with Crippen LogP contribution < -0.4 is 15.8 Å². The molecule has 0 amide bonds. The molecule has 0 unspecified atom stereocenters. The molecule has 194 valence electrons. The molecule has 1 aliphatic rings. The maximum atomic E-state index is 14.1. The summed E-state index contributed by atoms with van der Waals surface area (Å²) in [5.74, 6) is 0.661. The molecule has 8 nitrogen and oxygen atoms in total. The van der Waals surface area contributed by atoms with E-state index in [1.54, 1.807) is 6.07 Å². The van der Waals surface area contributed by atoms with E-state index in [0.29, 0.717) is 35.8 Å². The second-order valence-corrected chi connectivity index (χ2v) is 9.00. The normalized spacial score (nSPS) is 13.8. The average molecular weight is 534 g/mol. The fourth-order valence-electron chi connectivity index (χ4n) is 4.92. The van der Waals surface area contributed by atoms with Crippen LogP contribution in [0.1, 0.15) is 40.8 Å². The van der Waals surface area contributed by atoms with E-state index in [9.17, 15) is 9.18 Å². The Hall–Kier alpha value is -4.21. The highest BCUT2D eigenvalue weighted by atomic mass is 35.5. The van der Waals surface area contributed by atoms with Gasteiger partial charge in [-0.2, -0.15) is 0 Å². The van der Waals surface area contributed by atoms with Crippen LogP contribution in [0.2, 0.25) is 0 Å². The topological polar surface area (TPSA) is 98.0 Å². The van der Waals surface area contributed by atoms with Crippen LogP contribution in [-0.2, 0) is 19.7 Å². The number of fused-ring (bicyclic) bond motifs is 3. The number of nitrogens with one attached hydrogen (secondary N) is 2. The summed E-state index contributed by atoms with van der Waals surface area (Å²) in [5, 5.41) is 7.08. The number of rotatable bonds is 5. The van der Waals surface area contributed by atoms with Crippen molar-refractivity contribution in [2.24, 2.45) is 0 Å². The molecule has 0 radical (unpaired) electrons. The van der Waals surface area contributed by atoms with Crippen LogP contribution in [0.3, 0.4) is 0 Å². The molecule has 0 bridgehead atoms. The van der Waals surface area contributed by atoms with Gasteiger partial charge in [-0.3, -0.25) is 9.51 Å². The van der Waals surface area contributed by atoms with E-state index in [4.69, 9.17) is 14.2 Å². The summed E-state index contributed by atoms with van der Waals surface area (Å²) >= 11 is 0. The monoisotopic (exact) mass is 533 g/mol. The predicted molar refractivity (Wildman–Crippen MR) is 145 cm³/mol. The second kappa shape index (κ2) is 10.3. The number of imidazole rings is 1. The van der Waals surface area contributed by atoms with Gasteiger partial charge in [-0.25, -0.2) is 14.2 Å². The van der Waals surface area contributed by atoms with Crippen molar-refractivity contribution in [3.8, 4) is 5.75 Å². The Morgan fingerprint density at radius 2 is 1.95 bits per heavy atom. The molecular weight excluding hydrogens is 509 g/mol. The first-order valence-corrected chi connectivity index (χ1v) is 11.9. The number of aromatic nitrogens is 4. The Balaban J connectivity index is 0.00000294. The van der Waals surface area contributed by atoms with Gasteiger partial charge in [-0.1, -0.05) is 29.4 Å². The number of H-pyrrole nitrogens is 1. The van der Waals surface area contributed by atoms with Gasteiger partial charge in [0.1, 0.15) is 24.0 Å². The van der Waals surface area contributed by atoms with E-state index < -0.39 is 5.76 Å². The molecule has 10 heteroatoms. The molecular formula is C28H25ClFN5O3. The van der Waals surface area contributed by atoms with Crippen LogP contribution in [0, 0.1) is 5.82 Å². The molecule has 3 heterocycles. The molecule has 1 aliphatic heterocycles. The summed E-state index contributed by atoms with van der Waals surface area (Å²) in [6, 6.07) is 18.8. The minimum Gasteiger partial charge on any atom is -0.488 e. The zero-order chi connectivity index (χ0) is 25.5. The number of aromatic amines is 1. The van der Waals surface area contributed by atoms with Gasteiger partial charge in [0.2, 0.25) is 0 Å². The van der Waals surface area contributed by atoms with Gasteiger partial charge >= 0.3 is 5.76 Å². The predicted octanol–water partition coefficient (Wildman–Crippen LogP) is 4.91. The van der Waals surface area contributed by atoms with Gasteiger partial charge in [0, 0.05) is 23.7 Å². The molecule has 0 saturated heterocycles. The smallest absolute Gasteiger partial charge is 0.439 e. The lowest BCUT2D eigenvalue weighted by Crippen LogP contribution is -2.13. The number of hydrogen-bond acceptors (Lipinski definition) is 6. The van der Waals surface area contributed by atoms with E-state index >= 15 is 0 Å². The molecule has 0 saturated carbocycles. The van der Waals surface area contributed by atoms with Crippen LogP contribution in [-0.4, -0.2) is 26.7 Å². The number of ether oxygens (including phenoxy) is 1. The first kappa shape index (κ1) is 25.4. The Labute approximate surface area is 223 Å². The van der Waals surface area contributed by atoms with Crippen molar-refractivity contribution in [1.82, 2.24) is 25.0 Å². The molecule has 6 rings (SSSR count). The maximum Gasteiger partial charge on any atom is 0.439 e. The molecule has 0 aliphatic carbocycles. The molecule has 2 N–H and O–H groups in total. The fourth-order valence-corrected chi connectivity index (χ4v) is 4.92. The van der Waals surface area contributed by atoms with Crippen molar-refractivity contribution in [2.75, 3.05) is 7.05 Å². The number of halogens is 2. The number of hydrogen-bond donors (Lipinski definition) is 2. The van der Waals surface area contributed by atoms with E-state index in [-0.39, 0.29) is 24.8 Å². The Morgan fingerprint density at radius 1 is 1.13 bits per heavy atom. The van der Waals surface area contributed by atoms with Gasteiger partial charge in [-0.05, 0) is 66.6 Å². The molecule has 38 heavy (non-hydrogen) atoms. The number of allylic oxidation sites excluding steroid dienone is 1. The largest absolute Gasteiger partial charge is 0.488 e. The molecule has 0 fully saturated rings. The van der Waals surface area contributed by atoms with Crippen molar-refractivity contribution in [1.29, 1.82) is 0 Å². The van der Waals surface area contributed by atoms with Crippen LogP contribution in [0.4, 0.5) is 4.39 Å². The Kier molecular flexibility index (Phi) is 6.88. The minimum absolute atomic E-state index is 0. The third kappa shape index (κ3) is 4.51. The summed E-state index contributed by atoms with van der Waals surface area (Å²) < 4.78 is 27.2. The third-order valence-corrected chi connectivity index (χ3v) is 6.61. The summed E-state index contributed by atoms with van der Waals surface area (Å²) in [6.45, 7) is 3.38. The lowest BCUT2D eigenvalue weighted by atomic mass is 9.89. The van der Waals surface area contributed by atoms with E-state index in [0.717, 1.165) is 39.1 Å². The van der Waals surface area contributed by atoms with E-state index in [1.807, 2.05) is 38.2 Å². The SMILES string of the molecule is CNCc1nc2ccccc2n1Cc1ccc2c(c1)COc1cc(F)ccc1C2=C(C)c1noc(=O)[nH]1.Cl. The lowest BCUT2D eigenvalue weighted by molar-refractivity contribution is 0.305. The summed E-state index contributed by atoms with van der Waals surface area (Å²) in [5.41, 5.74) is 7.14. The lowest BCUT2D eigenvalue weighted by Gasteiger charge is -2.15. The zero-order valence-corrected chi connectivity index (χ0v) is 21.6. The highest BCUT2D eigenvalue weighted by Crippen LogP contribution is 2.41. The number of nitrogens with zero attached hydrogens (tertiary/aromatic N) is 3. The van der Waals surface area contributed by atoms with E-state index in [2.05, 4.69) is 38.2 Å². The van der Waals surface area contributed by atoms with Crippen molar-refractivity contribution in [2.45, 2.75) is 26.6 Å². The maximum absolute atomic E-state index is 14.1. The van der Waals surface area contributed by atoms with Crippen molar-refractivity contribution in [3.05, 3.63) is 111 Å². The van der Waals surface area contributed by atoms with Gasteiger partial charge in [0.05, 0.1) is 17.6 Å². The Bertz CT molecular complexity index is 1740. The molecule has 3 aromatic carbocycles. The summed E-state index contributed by atoms with van der Waals surface area (Å²) in [6.07, 6.45) is 0. The first-order chi connectivity index (χ1) is 18.0. The quantitative estimate of drug-likeness (QED) is 0.333. The van der Waals surface area contributed by atoms with Crippen molar-refractivity contribution >= 4 is 34.6 Å². The van der Waals surface area contributed by atoms with Crippen LogP contribution >= 0.6 is 12.4 Å². The van der Waals surface area contributed by atoms with Crippen LogP contribution in [0.15, 0.2) is 70.0 Å². The zero-order valence-electron chi connectivity index (χ0n) is 20.7. The van der Waals surface area contributed by atoms with Gasteiger partial charge in [0.25, 0.3) is 0 Å². The van der Waals surface area contributed by atoms with Gasteiger partial charge < -0.3 is 14.6 Å².